The molecule has 1 aliphatic rings. The van der Waals surface area contributed by atoms with Crippen LogP contribution in [0, 0.1) is 6.92 Å². The molecule has 0 saturated heterocycles. The van der Waals surface area contributed by atoms with E-state index in [0.717, 1.165) is 27.8 Å². The molecule has 0 bridgehead atoms. The smallest absolute Gasteiger partial charge is 0.198 e. The van der Waals surface area contributed by atoms with Crippen molar-refractivity contribution in [1.29, 1.82) is 0 Å². The van der Waals surface area contributed by atoms with Crippen LogP contribution in [0.15, 0.2) is 71.7 Å². The van der Waals surface area contributed by atoms with Gasteiger partial charge in [0.1, 0.15) is 0 Å². The number of aliphatic hydroxyl groups is 1. The molecule has 3 N–H and O–H groups in total. The van der Waals surface area contributed by atoms with Crippen molar-refractivity contribution >= 4 is 28.9 Å². The van der Waals surface area contributed by atoms with E-state index in [9.17, 15) is 10.2 Å². The number of nitrogens with one attached hydrogen (secondary N) is 1. The van der Waals surface area contributed by atoms with Crippen LogP contribution in [0.2, 0.25) is 10.0 Å². The fraction of sp³-hybridized carbons (Fsp3) is 0.0800. The van der Waals surface area contributed by atoms with E-state index >= 15 is 0 Å². The maximum atomic E-state index is 10.7. The molecule has 1 aromatic heterocycles. The number of nitrogens with zero attached hydrogens (tertiary/aromatic N) is 1. The molecule has 1 aliphatic heterocycles. The van der Waals surface area contributed by atoms with E-state index in [1.807, 2.05) is 61.5 Å². The third kappa shape index (κ3) is 3.43. The van der Waals surface area contributed by atoms with Crippen LogP contribution >= 0.6 is 23.2 Å². The number of H-pyrrole nitrogens is 1. The van der Waals surface area contributed by atoms with Crippen LogP contribution < -0.4 is 0 Å². The Labute approximate surface area is 189 Å². The summed E-state index contributed by atoms with van der Waals surface area (Å²) < 4.78 is 0. The number of fused-ring (bicyclic) bond motifs is 1. The summed E-state index contributed by atoms with van der Waals surface area (Å²) in [7, 11) is 0. The van der Waals surface area contributed by atoms with Crippen molar-refractivity contribution in [3.8, 4) is 28.3 Å². The van der Waals surface area contributed by atoms with Crippen molar-refractivity contribution in [3.63, 3.8) is 0 Å². The fourth-order valence-electron chi connectivity index (χ4n) is 3.98. The molecule has 154 valence electrons. The maximum absolute atomic E-state index is 10.7. The summed E-state index contributed by atoms with van der Waals surface area (Å²) in [6.07, 6.45) is -1.07. The number of aromatic nitrogens is 1. The van der Waals surface area contributed by atoms with Gasteiger partial charge in [-0.2, -0.15) is 0 Å². The van der Waals surface area contributed by atoms with E-state index < -0.39 is 6.23 Å². The van der Waals surface area contributed by atoms with Crippen LogP contribution in [0.25, 0.3) is 22.4 Å². The number of halogens is 2. The lowest BCUT2D eigenvalue weighted by Gasteiger charge is -2.08. The molecule has 2 heterocycles. The minimum atomic E-state index is -1.07. The van der Waals surface area contributed by atoms with Gasteiger partial charge < -0.3 is 15.2 Å². The van der Waals surface area contributed by atoms with Crippen molar-refractivity contribution < 1.29 is 10.2 Å². The average Bonchev–Trinajstić information content (AvgIpc) is 3.27. The molecule has 5 rings (SSSR count). The van der Waals surface area contributed by atoms with E-state index in [2.05, 4.69) is 9.98 Å². The lowest BCUT2D eigenvalue weighted by molar-refractivity contribution is 0.193. The second-order valence-corrected chi connectivity index (χ2v) is 8.40. The highest BCUT2D eigenvalue weighted by atomic mass is 35.5. The first kappa shape index (κ1) is 19.9. The molecule has 31 heavy (non-hydrogen) atoms. The molecule has 4 aromatic rings. The van der Waals surface area contributed by atoms with Gasteiger partial charge in [-0.05, 0) is 41.8 Å². The summed E-state index contributed by atoms with van der Waals surface area (Å²) >= 11 is 12.4. The summed E-state index contributed by atoms with van der Waals surface area (Å²) in [5, 5.41) is 22.6. The Morgan fingerprint density at radius 1 is 0.871 bits per heavy atom. The van der Waals surface area contributed by atoms with Crippen molar-refractivity contribution in [3.05, 3.63) is 99.0 Å². The topological polar surface area (TPSA) is 68.6 Å². The van der Waals surface area contributed by atoms with E-state index in [0.29, 0.717) is 32.6 Å². The third-order valence-corrected chi connectivity index (χ3v) is 6.06. The predicted molar refractivity (Wildman–Crippen MR) is 125 cm³/mol. The van der Waals surface area contributed by atoms with Gasteiger partial charge in [-0.15, -0.1) is 0 Å². The molecular formula is C25H18Cl2N2O2. The Balaban J connectivity index is 1.54. The third-order valence-electron chi connectivity index (χ3n) is 5.49. The molecule has 0 saturated carbocycles. The molecular weight excluding hydrogens is 431 g/mol. The van der Waals surface area contributed by atoms with Crippen molar-refractivity contribution in [2.24, 2.45) is 4.99 Å². The Morgan fingerprint density at radius 2 is 1.52 bits per heavy atom. The summed E-state index contributed by atoms with van der Waals surface area (Å²) in [5.74, 6) is -0.0269. The normalized spacial score (nSPS) is 15.1. The molecule has 0 aliphatic carbocycles. The van der Waals surface area contributed by atoms with Crippen molar-refractivity contribution in [1.82, 2.24) is 4.98 Å². The zero-order valence-corrected chi connectivity index (χ0v) is 18.0. The van der Waals surface area contributed by atoms with Gasteiger partial charge in [-0.25, -0.2) is 4.99 Å². The highest BCUT2D eigenvalue weighted by molar-refractivity contribution is 6.33. The van der Waals surface area contributed by atoms with Crippen molar-refractivity contribution in [2.75, 3.05) is 0 Å². The molecule has 3 aromatic carbocycles. The standard InChI is InChI=1S/C25H18Cl2N2O2/c1-13-2-11-18(19(27)12-13)14-3-5-15(6-4-14)22-20-21(25(31)28-22)23(29-24(20)30)16-7-9-17(26)10-8-16/h2-12,25,29-31H,1H3. The van der Waals surface area contributed by atoms with Crippen LogP contribution in [-0.4, -0.2) is 20.9 Å². The molecule has 6 heteroatoms. The molecule has 0 fully saturated rings. The van der Waals surface area contributed by atoms with Gasteiger partial charge in [0, 0.05) is 26.7 Å². The van der Waals surface area contributed by atoms with E-state index in [1.54, 1.807) is 12.1 Å². The number of aromatic hydroxyl groups is 1. The lowest BCUT2D eigenvalue weighted by Crippen LogP contribution is -1.99. The minimum absolute atomic E-state index is 0.0269. The van der Waals surface area contributed by atoms with Gasteiger partial charge in [0.2, 0.25) is 0 Å². The van der Waals surface area contributed by atoms with Gasteiger partial charge in [0.25, 0.3) is 0 Å². The predicted octanol–water partition coefficient (Wildman–Crippen LogP) is 6.51. The Bertz CT molecular complexity index is 1320. The van der Waals surface area contributed by atoms with Gasteiger partial charge in [0.05, 0.1) is 17.0 Å². The average molecular weight is 449 g/mol. The first-order chi connectivity index (χ1) is 14.9. The van der Waals surface area contributed by atoms with Gasteiger partial charge in [0.15, 0.2) is 12.1 Å². The Morgan fingerprint density at radius 3 is 2.19 bits per heavy atom. The number of aromatic amines is 1. The summed E-state index contributed by atoms with van der Waals surface area (Å²) in [6, 6.07) is 20.9. The van der Waals surface area contributed by atoms with E-state index in [1.165, 1.54) is 0 Å². The second kappa shape index (κ2) is 7.57. The van der Waals surface area contributed by atoms with Gasteiger partial charge in [-0.3, -0.25) is 0 Å². The van der Waals surface area contributed by atoms with Crippen molar-refractivity contribution in [2.45, 2.75) is 13.2 Å². The number of rotatable bonds is 3. The maximum Gasteiger partial charge on any atom is 0.198 e. The number of aliphatic hydroxyl groups excluding tert-OH is 1. The highest BCUT2D eigenvalue weighted by Gasteiger charge is 2.33. The lowest BCUT2D eigenvalue weighted by atomic mass is 9.97. The minimum Gasteiger partial charge on any atom is -0.494 e. The SMILES string of the molecule is Cc1ccc(-c2ccc(C3=NC(O)c4c(-c5ccc(Cl)cc5)[nH]c(O)c43)cc2)c(Cl)c1. The Kier molecular flexibility index (Phi) is 4.86. The largest absolute Gasteiger partial charge is 0.494 e. The first-order valence-electron chi connectivity index (χ1n) is 9.76. The number of hydrogen-bond acceptors (Lipinski definition) is 3. The second-order valence-electron chi connectivity index (χ2n) is 7.56. The monoisotopic (exact) mass is 448 g/mol. The zero-order chi connectivity index (χ0) is 21.7. The van der Waals surface area contributed by atoms with E-state index in [4.69, 9.17) is 23.2 Å². The van der Waals surface area contributed by atoms with Crippen LogP contribution in [0.4, 0.5) is 0 Å². The summed E-state index contributed by atoms with van der Waals surface area (Å²) in [5.41, 5.74) is 6.86. The number of aryl methyl sites for hydroxylation is 1. The van der Waals surface area contributed by atoms with Gasteiger partial charge in [-0.1, -0.05) is 71.7 Å². The van der Waals surface area contributed by atoms with Crippen LogP contribution in [0.1, 0.15) is 28.5 Å². The molecule has 4 nitrogen and oxygen atoms in total. The zero-order valence-electron chi connectivity index (χ0n) is 16.5. The number of hydrogen-bond donors (Lipinski definition) is 3. The van der Waals surface area contributed by atoms with Gasteiger partial charge >= 0.3 is 0 Å². The van der Waals surface area contributed by atoms with Crippen LogP contribution in [-0.2, 0) is 0 Å². The summed E-state index contributed by atoms with van der Waals surface area (Å²) in [6.45, 7) is 2.00. The molecule has 1 unspecified atom stereocenters. The summed E-state index contributed by atoms with van der Waals surface area (Å²) in [4.78, 5) is 7.41. The first-order valence-corrected chi connectivity index (χ1v) is 10.5. The molecule has 0 amide bonds. The fourth-order valence-corrected chi connectivity index (χ4v) is 4.45. The quantitative estimate of drug-likeness (QED) is 0.334. The molecule has 1 atom stereocenters. The number of aliphatic imine (C=N–C) groups is 1. The van der Waals surface area contributed by atoms with Crippen LogP contribution in [0.3, 0.4) is 0 Å². The molecule has 0 radical (unpaired) electrons. The Hall–Kier alpha value is -3.05. The highest BCUT2D eigenvalue weighted by Crippen LogP contribution is 2.43. The van der Waals surface area contributed by atoms with E-state index in [-0.39, 0.29) is 5.88 Å². The van der Waals surface area contributed by atoms with Crippen LogP contribution in [0.5, 0.6) is 5.88 Å². The molecule has 0 spiro atoms. The number of benzene rings is 3.